The van der Waals surface area contributed by atoms with Crippen molar-refractivity contribution in [3.05, 3.63) is 112 Å². The second kappa shape index (κ2) is 11.9. The van der Waals surface area contributed by atoms with Crippen molar-refractivity contribution in [1.29, 1.82) is 0 Å². The van der Waals surface area contributed by atoms with Crippen molar-refractivity contribution in [3.63, 3.8) is 0 Å². The Balaban J connectivity index is 1.51. The molecule has 0 aliphatic carbocycles. The van der Waals surface area contributed by atoms with Crippen molar-refractivity contribution in [3.8, 4) is 5.69 Å². The number of hydrogen-bond acceptors (Lipinski definition) is 3. The van der Waals surface area contributed by atoms with Gasteiger partial charge in [-0.15, -0.1) is 0 Å². The summed E-state index contributed by atoms with van der Waals surface area (Å²) in [6.45, 7) is 13.3. The quantitative estimate of drug-likeness (QED) is 0.226. The number of rotatable bonds is 8. The molecule has 7 heteroatoms. The molecule has 3 heterocycles. The standard InChI is InChI=1S/C34H39N5OS/c1-7-26-12-10-11-23(4)32(26)39-24(5)20-27(25(39)6)33-31(28-13-8-9-17-35-28)37-34(41)38(33)18-16-30(40)36-29-19-21(2)14-15-22(29)3/h8-15,17,19-20,31,33H,7,16,18H2,1-6H3,(H,36,40)(H,37,41)/t31-,33-/m1/s1. The smallest absolute Gasteiger partial charge is 0.226 e. The average molecular weight is 566 g/mol. The lowest BCUT2D eigenvalue weighted by atomic mass is 9.96. The Morgan fingerprint density at radius 3 is 2.54 bits per heavy atom. The van der Waals surface area contributed by atoms with E-state index in [2.05, 4.69) is 78.1 Å². The predicted octanol–water partition coefficient (Wildman–Crippen LogP) is 6.98. The fourth-order valence-electron chi connectivity index (χ4n) is 6.05. The van der Waals surface area contributed by atoms with Gasteiger partial charge in [0.25, 0.3) is 0 Å². The number of anilines is 1. The summed E-state index contributed by atoms with van der Waals surface area (Å²) in [5.41, 5.74) is 11.3. The lowest BCUT2D eigenvalue weighted by Crippen LogP contribution is -2.33. The second-order valence-corrected chi connectivity index (χ2v) is 11.4. The minimum Gasteiger partial charge on any atom is -0.352 e. The zero-order chi connectivity index (χ0) is 29.3. The fourth-order valence-corrected chi connectivity index (χ4v) is 6.38. The normalized spacial score (nSPS) is 16.6. The molecule has 2 N–H and O–H groups in total. The summed E-state index contributed by atoms with van der Waals surface area (Å²) in [5, 5.41) is 7.29. The van der Waals surface area contributed by atoms with Gasteiger partial charge in [-0.25, -0.2) is 0 Å². The van der Waals surface area contributed by atoms with Gasteiger partial charge in [-0.3, -0.25) is 9.78 Å². The third-order valence-electron chi connectivity index (χ3n) is 8.16. The van der Waals surface area contributed by atoms with Crippen LogP contribution < -0.4 is 10.6 Å². The summed E-state index contributed by atoms with van der Waals surface area (Å²) in [5.74, 6) is -0.0282. The van der Waals surface area contributed by atoms with Crippen LogP contribution in [0.5, 0.6) is 0 Å². The number of amides is 1. The van der Waals surface area contributed by atoms with Gasteiger partial charge in [0.2, 0.25) is 5.91 Å². The van der Waals surface area contributed by atoms with E-state index in [1.165, 1.54) is 33.8 Å². The summed E-state index contributed by atoms with van der Waals surface area (Å²) in [6, 6.07) is 20.6. The molecule has 2 aromatic carbocycles. The Morgan fingerprint density at radius 2 is 1.80 bits per heavy atom. The van der Waals surface area contributed by atoms with Crippen LogP contribution in [0, 0.1) is 34.6 Å². The van der Waals surface area contributed by atoms with Crippen LogP contribution in [0.4, 0.5) is 5.69 Å². The SMILES string of the molecule is CCc1cccc(C)c1-n1c(C)cc([C@@H]2[C@@H](c3ccccn3)NC(=S)N2CCC(=O)Nc2cc(C)ccc2C)c1C. The molecule has 0 saturated carbocycles. The molecule has 212 valence electrons. The van der Waals surface area contributed by atoms with Gasteiger partial charge < -0.3 is 20.1 Å². The molecule has 1 amide bonds. The number of aromatic nitrogens is 2. The zero-order valence-corrected chi connectivity index (χ0v) is 25.6. The molecule has 0 spiro atoms. The molecule has 0 bridgehead atoms. The summed E-state index contributed by atoms with van der Waals surface area (Å²) in [6.07, 6.45) is 3.09. The molecule has 1 aliphatic heterocycles. The number of hydrogen-bond donors (Lipinski definition) is 2. The highest BCUT2D eigenvalue weighted by Gasteiger charge is 2.41. The third kappa shape index (κ3) is 5.64. The van der Waals surface area contributed by atoms with Gasteiger partial charge in [-0.2, -0.15) is 0 Å². The summed E-state index contributed by atoms with van der Waals surface area (Å²) >= 11 is 5.90. The minimum absolute atomic E-state index is 0.0282. The van der Waals surface area contributed by atoms with Gasteiger partial charge in [0, 0.05) is 36.2 Å². The topological polar surface area (TPSA) is 62.2 Å². The van der Waals surface area contributed by atoms with Crippen molar-refractivity contribution in [2.24, 2.45) is 0 Å². The van der Waals surface area contributed by atoms with Crippen LogP contribution >= 0.6 is 12.2 Å². The fraction of sp³-hybridized carbons (Fsp3) is 0.324. The monoisotopic (exact) mass is 565 g/mol. The van der Waals surface area contributed by atoms with E-state index < -0.39 is 0 Å². The van der Waals surface area contributed by atoms with Crippen LogP contribution in [0.15, 0.2) is 66.9 Å². The van der Waals surface area contributed by atoms with E-state index in [0.29, 0.717) is 18.1 Å². The maximum absolute atomic E-state index is 13.1. The maximum Gasteiger partial charge on any atom is 0.226 e. The Kier molecular flexibility index (Phi) is 8.27. The van der Waals surface area contributed by atoms with E-state index in [-0.39, 0.29) is 18.0 Å². The predicted molar refractivity (Wildman–Crippen MR) is 171 cm³/mol. The Morgan fingerprint density at radius 1 is 1.00 bits per heavy atom. The van der Waals surface area contributed by atoms with Crippen molar-refractivity contribution < 1.29 is 4.79 Å². The number of pyridine rings is 1. The number of benzene rings is 2. The summed E-state index contributed by atoms with van der Waals surface area (Å²) in [7, 11) is 0. The molecule has 1 fully saturated rings. The van der Waals surface area contributed by atoms with Crippen LogP contribution in [0.2, 0.25) is 0 Å². The Bertz CT molecular complexity index is 1590. The molecule has 0 radical (unpaired) electrons. The molecule has 2 aromatic heterocycles. The van der Waals surface area contributed by atoms with Crippen molar-refractivity contribution in [1.82, 2.24) is 19.8 Å². The largest absolute Gasteiger partial charge is 0.352 e. The van der Waals surface area contributed by atoms with E-state index in [9.17, 15) is 4.79 Å². The number of aryl methyl sites for hydroxylation is 5. The second-order valence-electron chi connectivity index (χ2n) is 11.0. The van der Waals surface area contributed by atoms with E-state index in [1.807, 2.05) is 50.4 Å². The van der Waals surface area contributed by atoms with Gasteiger partial charge in [0.1, 0.15) is 0 Å². The first-order chi connectivity index (χ1) is 19.7. The van der Waals surface area contributed by atoms with Gasteiger partial charge >= 0.3 is 0 Å². The molecule has 1 saturated heterocycles. The first kappa shape index (κ1) is 28.6. The molecule has 1 aliphatic rings. The Labute approximate surface area is 248 Å². The number of carbonyl (C=O) groups is 1. The highest BCUT2D eigenvalue weighted by molar-refractivity contribution is 7.80. The summed E-state index contributed by atoms with van der Waals surface area (Å²) < 4.78 is 2.38. The first-order valence-corrected chi connectivity index (χ1v) is 14.7. The maximum atomic E-state index is 13.1. The van der Waals surface area contributed by atoms with Gasteiger partial charge in [-0.05, 0) is 105 Å². The van der Waals surface area contributed by atoms with Crippen LogP contribution in [-0.4, -0.2) is 32.0 Å². The van der Waals surface area contributed by atoms with Gasteiger partial charge in [0.05, 0.1) is 23.5 Å². The van der Waals surface area contributed by atoms with Gasteiger partial charge in [0.15, 0.2) is 5.11 Å². The minimum atomic E-state index is -0.137. The zero-order valence-electron chi connectivity index (χ0n) is 24.8. The molecule has 41 heavy (non-hydrogen) atoms. The Hall–Kier alpha value is -3.97. The number of nitrogens with one attached hydrogen (secondary N) is 2. The highest BCUT2D eigenvalue weighted by atomic mass is 32.1. The lowest BCUT2D eigenvalue weighted by molar-refractivity contribution is -0.116. The van der Waals surface area contributed by atoms with Crippen molar-refractivity contribution in [2.45, 2.75) is 66.5 Å². The molecule has 5 rings (SSSR count). The van der Waals surface area contributed by atoms with E-state index >= 15 is 0 Å². The van der Waals surface area contributed by atoms with E-state index in [1.54, 1.807) is 0 Å². The third-order valence-corrected chi connectivity index (χ3v) is 8.51. The van der Waals surface area contributed by atoms with Crippen LogP contribution in [0.25, 0.3) is 5.69 Å². The first-order valence-electron chi connectivity index (χ1n) is 14.3. The van der Waals surface area contributed by atoms with Crippen molar-refractivity contribution >= 4 is 28.9 Å². The van der Waals surface area contributed by atoms with E-state index in [4.69, 9.17) is 17.2 Å². The number of nitrogens with zero attached hydrogens (tertiary/aromatic N) is 3. The van der Waals surface area contributed by atoms with Crippen LogP contribution in [0.3, 0.4) is 0 Å². The number of para-hydroxylation sites is 1. The van der Waals surface area contributed by atoms with Crippen LogP contribution in [0.1, 0.15) is 70.3 Å². The molecular weight excluding hydrogens is 526 g/mol. The molecule has 0 unspecified atom stereocenters. The molecule has 4 aromatic rings. The number of carbonyl (C=O) groups excluding carboxylic acids is 1. The molecular formula is C34H39N5OS. The van der Waals surface area contributed by atoms with Crippen molar-refractivity contribution in [2.75, 3.05) is 11.9 Å². The van der Waals surface area contributed by atoms with Crippen LogP contribution in [-0.2, 0) is 11.2 Å². The van der Waals surface area contributed by atoms with E-state index in [0.717, 1.165) is 28.9 Å². The average Bonchev–Trinajstić information content (AvgIpc) is 3.44. The van der Waals surface area contributed by atoms with Gasteiger partial charge in [-0.1, -0.05) is 43.3 Å². The number of thiocarbonyl (C=S) groups is 1. The summed E-state index contributed by atoms with van der Waals surface area (Å²) in [4.78, 5) is 20.0. The molecule has 6 nitrogen and oxygen atoms in total. The molecule has 2 atom stereocenters. The lowest BCUT2D eigenvalue weighted by Gasteiger charge is -2.28. The highest BCUT2D eigenvalue weighted by Crippen LogP contribution is 2.42.